The van der Waals surface area contributed by atoms with Crippen molar-refractivity contribution in [1.82, 2.24) is 4.57 Å². The van der Waals surface area contributed by atoms with E-state index in [1.54, 1.807) is 0 Å². The first kappa shape index (κ1) is 29.1. The van der Waals surface area contributed by atoms with E-state index in [-0.39, 0.29) is 0 Å². The summed E-state index contributed by atoms with van der Waals surface area (Å²) >= 11 is 0. The molecule has 3 nitrogen and oxygen atoms in total. The lowest BCUT2D eigenvalue weighted by atomic mass is 10.0. The van der Waals surface area contributed by atoms with Crippen molar-refractivity contribution in [3.63, 3.8) is 0 Å². The fraction of sp³-hybridized carbons (Fsp3) is 0. The van der Waals surface area contributed by atoms with Crippen molar-refractivity contribution in [3.05, 3.63) is 194 Å². The summed E-state index contributed by atoms with van der Waals surface area (Å²) in [6.45, 7) is 0. The summed E-state index contributed by atoms with van der Waals surface area (Å²) in [5.41, 5.74) is 13.1. The summed E-state index contributed by atoms with van der Waals surface area (Å²) in [6, 6.07) is 69.1. The lowest BCUT2D eigenvalue weighted by Crippen LogP contribution is -2.10. The number of anilines is 3. The Morgan fingerprint density at radius 1 is 0.373 bits per heavy atom. The molecule has 2 aromatic heterocycles. The third kappa shape index (κ3) is 4.90. The Bertz CT molecular complexity index is 2790. The van der Waals surface area contributed by atoms with Crippen molar-refractivity contribution >= 4 is 60.8 Å². The van der Waals surface area contributed by atoms with E-state index < -0.39 is 0 Å². The maximum atomic E-state index is 6.56. The number of benzene rings is 8. The summed E-state index contributed by atoms with van der Waals surface area (Å²) < 4.78 is 8.93. The standard InChI is InChI=1S/C48H32N2O/c1-2-12-33(13-3-1)34-24-28-37(29-25-34)49(46-22-11-19-43-42-18-6-9-23-47(42)51-48(43)46)38-30-26-35(27-31-38)36-14-10-15-39(32-36)50-44-20-7-4-16-40(44)41-17-5-8-21-45(41)50/h1-32H. The Morgan fingerprint density at radius 3 is 1.57 bits per heavy atom. The van der Waals surface area contributed by atoms with Gasteiger partial charge in [0.15, 0.2) is 5.58 Å². The number of hydrogen-bond acceptors (Lipinski definition) is 2. The molecule has 0 atom stereocenters. The largest absolute Gasteiger partial charge is 0.454 e. The average molecular weight is 653 g/mol. The highest BCUT2D eigenvalue weighted by Gasteiger charge is 2.20. The van der Waals surface area contributed by atoms with Gasteiger partial charge in [-0.3, -0.25) is 0 Å². The van der Waals surface area contributed by atoms with Gasteiger partial charge in [0, 0.05) is 38.6 Å². The molecule has 8 aromatic carbocycles. The average Bonchev–Trinajstić information content (AvgIpc) is 3.76. The van der Waals surface area contributed by atoms with Crippen molar-refractivity contribution in [2.45, 2.75) is 0 Å². The molecule has 0 radical (unpaired) electrons. The minimum Gasteiger partial charge on any atom is -0.454 e. The highest BCUT2D eigenvalue weighted by Crippen LogP contribution is 2.43. The lowest BCUT2D eigenvalue weighted by Gasteiger charge is -2.26. The molecule has 0 saturated carbocycles. The summed E-state index contributed by atoms with van der Waals surface area (Å²) in [5.74, 6) is 0. The summed E-state index contributed by atoms with van der Waals surface area (Å²) in [5, 5.41) is 4.75. The van der Waals surface area contributed by atoms with E-state index in [1.807, 2.05) is 12.1 Å². The lowest BCUT2D eigenvalue weighted by molar-refractivity contribution is 0.669. The second-order valence-electron chi connectivity index (χ2n) is 13.0. The van der Waals surface area contributed by atoms with Crippen molar-refractivity contribution in [1.29, 1.82) is 0 Å². The predicted molar refractivity (Wildman–Crippen MR) is 214 cm³/mol. The first-order chi connectivity index (χ1) is 25.3. The summed E-state index contributed by atoms with van der Waals surface area (Å²) in [6.07, 6.45) is 0. The van der Waals surface area contributed by atoms with Gasteiger partial charge in [0.2, 0.25) is 0 Å². The van der Waals surface area contributed by atoms with Gasteiger partial charge in [0.1, 0.15) is 5.58 Å². The second-order valence-corrected chi connectivity index (χ2v) is 13.0. The number of rotatable bonds is 6. The Morgan fingerprint density at radius 2 is 0.882 bits per heavy atom. The van der Waals surface area contributed by atoms with Crippen LogP contribution in [0.5, 0.6) is 0 Å². The number of hydrogen-bond donors (Lipinski definition) is 0. The molecule has 3 heteroatoms. The molecule has 0 spiro atoms. The summed E-state index contributed by atoms with van der Waals surface area (Å²) in [4.78, 5) is 2.30. The maximum Gasteiger partial charge on any atom is 0.159 e. The molecule has 0 N–H and O–H groups in total. The van der Waals surface area contributed by atoms with Crippen LogP contribution in [0, 0.1) is 0 Å². The van der Waals surface area contributed by atoms with Crippen molar-refractivity contribution in [2.24, 2.45) is 0 Å². The van der Waals surface area contributed by atoms with Crippen LogP contribution < -0.4 is 4.90 Å². The number of fused-ring (bicyclic) bond motifs is 6. The molecule has 0 saturated heterocycles. The molecule has 0 aliphatic heterocycles. The van der Waals surface area contributed by atoms with E-state index in [0.29, 0.717) is 0 Å². The molecule has 240 valence electrons. The number of aromatic nitrogens is 1. The number of furan rings is 1. The smallest absolute Gasteiger partial charge is 0.159 e. The molecule has 10 aromatic rings. The van der Waals surface area contributed by atoms with Gasteiger partial charge in [-0.15, -0.1) is 0 Å². The van der Waals surface area contributed by atoms with E-state index in [2.05, 4.69) is 191 Å². The van der Waals surface area contributed by atoms with E-state index >= 15 is 0 Å². The van der Waals surface area contributed by atoms with Gasteiger partial charge >= 0.3 is 0 Å². The Hall–Kier alpha value is -6.84. The van der Waals surface area contributed by atoms with Crippen LogP contribution in [-0.4, -0.2) is 4.57 Å². The number of para-hydroxylation sites is 4. The quantitative estimate of drug-likeness (QED) is 0.178. The molecule has 0 fully saturated rings. The molecule has 0 amide bonds. The van der Waals surface area contributed by atoms with Crippen LogP contribution in [0.1, 0.15) is 0 Å². The molecule has 10 rings (SSSR count). The Kier molecular flexibility index (Phi) is 6.81. The molecule has 51 heavy (non-hydrogen) atoms. The van der Waals surface area contributed by atoms with Crippen LogP contribution in [-0.2, 0) is 0 Å². The predicted octanol–water partition coefficient (Wildman–Crippen LogP) is 13.5. The zero-order valence-corrected chi connectivity index (χ0v) is 27.8. The first-order valence-corrected chi connectivity index (χ1v) is 17.4. The molecule has 0 unspecified atom stereocenters. The van der Waals surface area contributed by atoms with Gasteiger partial charge in [-0.05, 0) is 82.9 Å². The molecular formula is C48H32N2O. The van der Waals surface area contributed by atoms with E-state index in [9.17, 15) is 0 Å². The molecular weight excluding hydrogens is 621 g/mol. The van der Waals surface area contributed by atoms with Crippen LogP contribution in [0.2, 0.25) is 0 Å². The zero-order chi connectivity index (χ0) is 33.7. The number of nitrogens with zero attached hydrogens (tertiary/aromatic N) is 2. The Labute approximate surface area is 295 Å². The second kappa shape index (κ2) is 11.9. The van der Waals surface area contributed by atoms with Crippen LogP contribution in [0.3, 0.4) is 0 Å². The first-order valence-electron chi connectivity index (χ1n) is 17.4. The van der Waals surface area contributed by atoms with Crippen LogP contribution in [0.15, 0.2) is 199 Å². The fourth-order valence-electron chi connectivity index (χ4n) is 7.60. The van der Waals surface area contributed by atoms with Crippen LogP contribution in [0.4, 0.5) is 17.1 Å². The van der Waals surface area contributed by atoms with Gasteiger partial charge in [-0.1, -0.05) is 133 Å². The third-order valence-electron chi connectivity index (χ3n) is 10.0. The van der Waals surface area contributed by atoms with Crippen molar-refractivity contribution < 1.29 is 4.42 Å². The monoisotopic (exact) mass is 652 g/mol. The molecule has 0 aliphatic carbocycles. The molecule has 0 bridgehead atoms. The van der Waals surface area contributed by atoms with Crippen LogP contribution in [0.25, 0.3) is 71.7 Å². The van der Waals surface area contributed by atoms with E-state index in [0.717, 1.165) is 50.3 Å². The summed E-state index contributed by atoms with van der Waals surface area (Å²) in [7, 11) is 0. The third-order valence-corrected chi connectivity index (χ3v) is 10.0. The van der Waals surface area contributed by atoms with Gasteiger partial charge in [-0.25, -0.2) is 0 Å². The zero-order valence-electron chi connectivity index (χ0n) is 27.8. The highest BCUT2D eigenvalue weighted by atomic mass is 16.3. The Balaban J connectivity index is 1.08. The van der Waals surface area contributed by atoms with Gasteiger partial charge in [-0.2, -0.15) is 0 Å². The SMILES string of the molecule is c1ccc(-c2ccc(N(c3ccc(-c4cccc(-n5c6ccccc6c6ccccc65)c4)cc3)c3cccc4c3oc3ccccc34)cc2)cc1. The van der Waals surface area contributed by atoms with Crippen LogP contribution >= 0.6 is 0 Å². The normalized spacial score (nSPS) is 11.5. The van der Waals surface area contributed by atoms with Gasteiger partial charge in [0.25, 0.3) is 0 Å². The fourth-order valence-corrected chi connectivity index (χ4v) is 7.60. The van der Waals surface area contributed by atoms with Crippen molar-refractivity contribution in [3.8, 4) is 27.9 Å². The van der Waals surface area contributed by atoms with Gasteiger partial charge < -0.3 is 13.9 Å². The van der Waals surface area contributed by atoms with E-state index in [1.165, 1.54) is 38.5 Å². The van der Waals surface area contributed by atoms with Crippen molar-refractivity contribution in [2.75, 3.05) is 4.90 Å². The maximum absolute atomic E-state index is 6.56. The highest BCUT2D eigenvalue weighted by molar-refractivity contribution is 6.11. The van der Waals surface area contributed by atoms with E-state index in [4.69, 9.17) is 4.42 Å². The molecule has 2 heterocycles. The minimum atomic E-state index is 0.869. The molecule has 0 aliphatic rings. The van der Waals surface area contributed by atoms with Gasteiger partial charge in [0.05, 0.1) is 16.7 Å². The minimum absolute atomic E-state index is 0.869. The topological polar surface area (TPSA) is 21.3 Å².